The summed E-state index contributed by atoms with van der Waals surface area (Å²) in [6, 6.07) is -1.13. The fourth-order valence-corrected chi connectivity index (χ4v) is 1.99. The number of urea groups is 1. The summed E-state index contributed by atoms with van der Waals surface area (Å²) >= 11 is 0. The van der Waals surface area contributed by atoms with Crippen LogP contribution in [0, 0.1) is 0 Å². The number of likely N-dealkylation sites (tertiary alicyclic amines) is 1. The van der Waals surface area contributed by atoms with E-state index in [-0.39, 0.29) is 12.1 Å². The van der Waals surface area contributed by atoms with Crippen LogP contribution in [0.4, 0.5) is 4.79 Å². The Morgan fingerprint density at radius 2 is 2.17 bits per heavy atom. The Labute approximate surface area is 106 Å². The molecule has 0 radical (unpaired) electrons. The first-order valence-electron chi connectivity index (χ1n) is 6.04. The molecule has 104 valence electrons. The monoisotopic (exact) mass is 259 g/mol. The Kier molecular flexibility index (Phi) is 5.87. The van der Waals surface area contributed by atoms with Crippen LogP contribution in [0.2, 0.25) is 0 Å². The van der Waals surface area contributed by atoms with Crippen molar-refractivity contribution >= 4 is 12.0 Å². The fraction of sp³-hybridized carbons (Fsp3) is 0.818. The third-order valence-electron chi connectivity index (χ3n) is 3.02. The van der Waals surface area contributed by atoms with Gasteiger partial charge in [0, 0.05) is 26.6 Å². The van der Waals surface area contributed by atoms with Crippen LogP contribution in [0.1, 0.15) is 12.8 Å². The molecule has 18 heavy (non-hydrogen) atoms. The van der Waals surface area contributed by atoms with Crippen molar-refractivity contribution in [1.82, 2.24) is 15.5 Å². The van der Waals surface area contributed by atoms with Crippen molar-refractivity contribution in [3.63, 3.8) is 0 Å². The highest BCUT2D eigenvalue weighted by Crippen LogP contribution is 2.20. The number of rotatable bonds is 6. The quantitative estimate of drug-likeness (QED) is 0.558. The second-order valence-corrected chi connectivity index (χ2v) is 4.29. The molecule has 0 aliphatic carbocycles. The van der Waals surface area contributed by atoms with Crippen molar-refractivity contribution in [2.75, 3.05) is 33.8 Å². The molecule has 7 nitrogen and oxygen atoms in total. The second-order valence-electron chi connectivity index (χ2n) is 4.29. The van der Waals surface area contributed by atoms with Crippen LogP contribution in [0.15, 0.2) is 0 Å². The number of carbonyl (C=O) groups excluding carboxylic acids is 1. The zero-order valence-electron chi connectivity index (χ0n) is 10.8. The Balaban J connectivity index is 2.46. The lowest BCUT2D eigenvalue weighted by Gasteiger charge is -2.21. The highest BCUT2D eigenvalue weighted by Gasteiger charge is 2.39. The van der Waals surface area contributed by atoms with E-state index in [2.05, 4.69) is 10.6 Å². The van der Waals surface area contributed by atoms with E-state index >= 15 is 0 Å². The number of carboxylic acids is 1. The number of methoxy groups -OCH3 is 1. The van der Waals surface area contributed by atoms with Gasteiger partial charge in [-0.1, -0.05) is 0 Å². The van der Waals surface area contributed by atoms with Crippen LogP contribution in [-0.2, 0) is 9.53 Å². The zero-order chi connectivity index (χ0) is 13.5. The van der Waals surface area contributed by atoms with Gasteiger partial charge in [-0.05, 0) is 20.0 Å². The number of nitrogens with zero attached hydrogens (tertiary/aromatic N) is 1. The molecule has 2 atom stereocenters. The molecule has 1 aliphatic heterocycles. The standard InChI is InChI=1S/C11H21N3O4/c1-12-4-3-5-13-11(17)14-7-8(18-2)6-9(14)10(15)16/h8-9,12H,3-7H2,1-2H3,(H,13,17)(H,15,16). The van der Waals surface area contributed by atoms with Crippen LogP contribution in [0.25, 0.3) is 0 Å². The van der Waals surface area contributed by atoms with Crippen molar-refractivity contribution in [1.29, 1.82) is 0 Å². The van der Waals surface area contributed by atoms with E-state index in [4.69, 9.17) is 9.84 Å². The van der Waals surface area contributed by atoms with E-state index in [0.717, 1.165) is 13.0 Å². The molecule has 1 heterocycles. The van der Waals surface area contributed by atoms with E-state index in [1.807, 2.05) is 7.05 Å². The maximum atomic E-state index is 11.9. The van der Waals surface area contributed by atoms with Crippen molar-refractivity contribution in [3.8, 4) is 0 Å². The molecular weight excluding hydrogens is 238 g/mol. The van der Waals surface area contributed by atoms with Crippen LogP contribution >= 0.6 is 0 Å². The van der Waals surface area contributed by atoms with Gasteiger partial charge in [0.2, 0.25) is 0 Å². The number of nitrogens with one attached hydrogen (secondary N) is 2. The predicted molar refractivity (Wildman–Crippen MR) is 65.5 cm³/mol. The number of carbonyl (C=O) groups is 2. The molecule has 2 amide bonds. The third kappa shape index (κ3) is 3.85. The number of amides is 2. The molecule has 7 heteroatoms. The average molecular weight is 259 g/mol. The lowest BCUT2D eigenvalue weighted by Crippen LogP contribution is -2.46. The Morgan fingerprint density at radius 3 is 2.72 bits per heavy atom. The highest BCUT2D eigenvalue weighted by atomic mass is 16.5. The van der Waals surface area contributed by atoms with Gasteiger partial charge in [-0.25, -0.2) is 9.59 Å². The second kappa shape index (κ2) is 7.17. The van der Waals surface area contributed by atoms with Gasteiger partial charge in [-0.15, -0.1) is 0 Å². The maximum Gasteiger partial charge on any atom is 0.326 e. The van der Waals surface area contributed by atoms with Crippen LogP contribution in [0.5, 0.6) is 0 Å². The van der Waals surface area contributed by atoms with E-state index in [9.17, 15) is 9.59 Å². The number of aliphatic carboxylic acids is 1. The van der Waals surface area contributed by atoms with Crippen LogP contribution < -0.4 is 10.6 Å². The molecule has 1 fully saturated rings. The molecule has 3 N–H and O–H groups in total. The molecular formula is C11H21N3O4. The summed E-state index contributed by atoms with van der Waals surface area (Å²) in [6.07, 6.45) is 0.950. The van der Waals surface area contributed by atoms with E-state index < -0.39 is 12.0 Å². The van der Waals surface area contributed by atoms with Gasteiger partial charge in [0.25, 0.3) is 0 Å². The van der Waals surface area contributed by atoms with Gasteiger partial charge in [0.1, 0.15) is 6.04 Å². The molecule has 0 aromatic heterocycles. The largest absolute Gasteiger partial charge is 0.480 e. The van der Waals surface area contributed by atoms with Gasteiger partial charge >= 0.3 is 12.0 Å². The summed E-state index contributed by atoms with van der Waals surface area (Å²) in [6.45, 7) is 1.66. The number of hydrogen-bond acceptors (Lipinski definition) is 4. The summed E-state index contributed by atoms with van der Waals surface area (Å²) in [5, 5.41) is 14.8. The minimum absolute atomic E-state index is 0.200. The van der Waals surface area contributed by atoms with Gasteiger partial charge in [-0.2, -0.15) is 0 Å². The predicted octanol–water partition coefficient (Wildman–Crippen LogP) is -0.521. The Hall–Kier alpha value is -1.34. The van der Waals surface area contributed by atoms with Crippen molar-refractivity contribution < 1.29 is 19.4 Å². The summed E-state index contributed by atoms with van der Waals surface area (Å²) in [7, 11) is 3.36. The summed E-state index contributed by atoms with van der Waals surface area (Å²) < 4.78 is 5.12. The van der Waals surface area contributed by atoms with Gasteiger partial charge in [0.15, 0.2) is 0 Å². The summed E-state index contributed by atoms with van der Waals surface area (Å²) in [5.74, 6) is -0.986. The molecule has 0 spiro atoms. The molecule has 1 aliphatic rings. The Bertz CT molecular complexity index is 298. The number of hydrogen-bond donors (Lipinski definition) is 3. The van der Waals surface area contributed by atoms with E-state index in [1.54, 1.807) is 0 Å². The molecule has 0 aromatic carbocycles. The van der Waals surface area contributed by atoms with Crippen LogP contribution in [0.3, 0.4) is 0 Å². The topological polar surface area (TPSA) is 90.9 Å². The van der Waals surface area contributed by atoms with Gasteiger partial charge in [0.05, 0.1) is 6.10 Å². The third-order valence-corrected chi connectivity index (χ3v) is 3.02. The molecule has 0 aromatic rings. The first-order valence-corrected chi connectivity index (χ1v) is 6.04. The van der Waals surface area contributed by atoms with Crippen molar-refractivity contribution in [3.05, 3.63) is 0 Å². The highest BCUT2D eigenvalue weighted by molar-refractivity contribution is 5.83. The lowest BCUT2D eigenvalue weighted by atomic mass is 10.2. The zero-order valence-corrected chi connectivity index (χ0v) is 10.8. The van der Waals surface area contributed by atoms with Crippen molar-refractivity contribution in [2.45, 2.75) is 25.0 Å². The van der Waals surface area contributed by atoms with Crippen LogP contribution in [-0.4, -0.2) is 67.9 Å². The fourth-order valence-electron chi connectivity index (χ4n) is 1.99. The number of ether oxygens (including phenoxy) is 1. The SMILES string of the molecule is CNCCCNC(=O)N1CC(OC)CC1C(=O)O. The van der Waals surface area contributed by atoms with E-state index in [1.165, 1.54) is 12.0 Å². The van der Waals surface area contributed by atoms with Gasteiger partial charge in [-0.3, -0.25) is 0 Å². The van der Waals surface area contributed by atoms with Crippen molar-refractivity contribution in [2.24, 2.45) is 0 Å². The maximum absolute atomic E-state index is 11.9. The van der Waals surface area contributed by atoms with E-state index in [0.29, 0.717) is 19.5 Å². The minimum atomic E-state index is -0.986. The lowest BCUT2D eigenvalue weighted by molar-refractivity contribution is -0.141. The Morgan fingerprint density at radius 1 is 1.44 bits per heavy atom. The average Bonchev–Trinajstić information content (AvgIpc) is 2.78. The normalized spacial score (nSPS) is 23.1. The molecule has 0 bridgehead atoms. The molecule has 0 saturated carbocycles. The molecule has 1 rings (SSSR count). The van der Waals surface area contributed by atoms with Gasteiger partial charge < -0.3 is 25.4 Å². The number of carboxylic acid groups (broad SMARTS) is 1. The minimum Gasteiger partial charge on any atom is -0.480 e. The molecule has 2 unspecified atom stereocenters. The molecule has 1 saturated heterocycles. The summed E-state index contributed by atoms with van der Waals surface area (Å²) in [5.41, 5.74) is 0. The summed E-state index contributed by atoms with van der Waals surface area (Å²) in [4.78, 5) is 24.3. The smallest absolute Gasteiger partial charge is 0.326 e. The first-order chi connectivity index (χ1) is 8.60. The first kappa shape index (κ1) is 14.7.